The van der Waals surface area contributed by atoms with Gasteiger partial charge < -0.3 is 10.5 Å². The Kier molecular flexibility index (Phi) is 6.17. The zero-order valence-electron chi connectivity index (χ0n) is 12.7. The molecule has 1 saturated carbocycles. The van der Waals surface area contributed by atoms with Crippen LogP contribution in [0.3, 0.4) is 0 Å². The smallest absolute Gasteiger partial charge is 0.129 e. The fourth-order valence-electron chi connectivity index (χ4n) is 2.90. The highest BCUT2D eigenvalue weighted by atomic mass is 79.9. The molecule has 0 aliphatic heterocycles. The van der Waals surface area contributed by atoms with Gasteiger partial charge in [0, 0.05) is 36.3 Å². The molecule has 1 aliphatic rings. The lowest BCUT2D eigenvalue weighted by Crippen LogP contribution is -2.43. The lowest BCUT2D eigenvalue weighted by atomic mass is 10.0. The van der Waals surface area contributed by atoms with E-state index in [0.717, 1.165) is 11.0 Å². The minimum atomic E-state index is -0.203. The Labute approximate surface area is 134 Å². The van der Waals surface area contributed by atoms with Gasteiger partial charge in [-0.05, 0) is 37.8 Å². The molecule has 3 nitrogen and oxygen atoms in total. The molecule has 0 aromatic heterocycles. The minimum absolute atomic E-state index is 0.108. The standard InChI is InChI=1S/C16H24BrFN2O/c1-11(12-3-4-12)20(7-8-21-2)16(10-19)14-6-5-13(17)9-15(14)18/h5-6,9,11-12,16H,3-4,7-8,10,19H2,1-2H3. The van der Waals surface area contributed by atoms with Crippen molar-refractivity contribution in [1.29, 1.82) is 0 Å². The maximum atomic E-state index is 14.3. The van der Waals surface area contributed by atoms with Crippen molar-refractivity contribution >= 4 is 15.9 Å². The van der Waals surface area contributed by atoms with Gasteiger partial charge in [-0.25, -0.2) is 4.39 Å². The summed E-state index contributed by atoms with van der Waals surface area (Å²) in [5.74, 6) is 0.500. The number of hydrogen-bond acceptors (Lipinski definition) is 3. The van der Waals surface area contributed by atoms with Gasteiger partial charge in [-0.3, -0.25) is 4.90 Å². The molecule has 0 heterocycles. The van der Waals surface area contributed by atoms with Gasteiger partial charge in [-0.2, -0.15) is 0 Å². The van der Waals surface area contributed by atoms with Gasteiger partial charge in [0.1, 0.15) is 5.82 Å². The van der Waals surface area contributed by atoms with Crippen LogP contribution >= 0.6 is 15.9 Å². The van der Waals surface area contributed by atoms with Gasteiger partial charge >= 0.3 is 0 Å². The lowest BCUT2D eigenvalue weighted by molar-refractivity contribution is 0.0821. The average Bonchev–Trinajstić information content (AvgIpc) is 3.28. The van der Waals surface area contributed by atoms with Crippen LogP contribution in [0.4, 0.5) is 4.39 Å². The molecule has 1 aliphatic carbocycles. The predicted octanol–water partition coefficient (Wildman–Crippen LogP) is 3.33. The Bertz CT molecular complexity index is 468. The van der Waals surface area contributed by atoms with Crippen LogP contribution in [0.5, 0.6) is 0 Å². The number of nitrogens with zero attached hydrogens (tertiary/aromatic N) is 1. The summed E-state index contributed by atoms with van der Waals surface area (Å²) in [6, 6.07) is 5.50. The van der Waals surface area contributed by atoms with Crippen molar-refractivity contribution in [2.75, 3.05) is 26.8 Å². The van der Waals surface area contributed by atoms with E-state index >= 15 is 0 Å². The molecule has 0 saturated heterocycles. The first kappa shape index (κ1) is 16.9. The minimum Gasteiger partial charge on any atom is -0.383 e. The summed E-state index contributed by atoms with van der Waals surface area (Å²) in [4.78, 5) is 2.30. The number of rotatable bonds is 8. The molecule has 1 aromatic carbocycles. The van der Waals surface area contributed by atoms with E-state index in [-0.39, 0.29) is 11.9 Å². The van der Waals surface area contributed by atoms with Crippen LogP contribution in [0.25, 0.3) is 0 Å². The number of nitrogens with two attached hydrogens (primary N) is 1. The summed E-state index contributed by atoms with van der Waals surface area (Å²) in [6.07, 6.45) is 2.51. The molecule has 21 heavy (non-hydrogen) atoms. The zero-order chi connectivity index (χ0) is 15.4. The van der Waals surface area contributed by atoms with Crippen molar-refractivity contribution in [3.8, 4) is 0 Å². The van der Waals surface area contributed by atoms with Gasteiger partial charge in [0.25, 0.3) is 0 Å². The topological polar surface area (TPSA) is 38.5 Å². The number of halogens is 2. The Morgan fingerprint density at radius 1 is 1.48 bits per heavy atom. The second kappa shape index (κ2) is 7.68. The molecule has 5 heteroatoms. The van der Waals surface area contributed by atoms with Crippen LogP contribution in [-0.2, 0) is 4.74 Å². The normalized spacial score (nSPS) is 18.0. The second-order valence-corrected chi connectivity index (χ2v) is 6.64. The molecule has 0 amide bonds. The van der Waals surface area contributed by atoms with Gasteiger partial charge in [0.15, 0.2) is 0 Å². The molecule has 2 rings (SSSR count). The highest BCUT2D eigenvalue weighted by molar-refractivity contribution is 9.10. The molecule has 2 N–H and O–H groups in total. The van der Waals surface area contributed by atoms with Crippen LogP contribution in [0, 0.1) is 11.7 Å². The fourth-order valence-corrected chi connectivity index (χ4v) is 3.24. The van der Waals surface area contributed by atoms with E-state index in [2.05, 4.69) is 27.8 Å². The lowest BCUT2D eigenvalue weighted by Gasteiger charge is -2.36. The van der Waals surface area contributed by atoms with E-state index < -0.39 is 0 Å². The molecule has 118 valence electrons. The highest BCUT2D eigenvalue weighted by Gasteiger charge is 2.35. The fraction of sp³-hybridized carbons (Fsp3) is 0.625. The Balaban J connectivity index is 2.24. The average molecular weight is 359 g/mol. The first-order chi connectivity index (χ1) is 10.1. The Hall–Kier alpha value is -0.490. The van der Waals surface area contributed by atoms with Crippen molar-refractivity contribution in [3.05, 3.63) is 34.1 Å². The highest BCUT2D eigenvalue weighted by Crippen LogP contribution is 2.38. The zero-order valence-corrected chi connectivity index (χ0v) is 14.3. The number of benzene rings is 1. The first-order valence-electron chi connectivity index (χ1n) is 7.48. The second-order valence-electron chi connectivity index (χ2n) is 5.73. The summed E-state index contributed by atoms with van der Waals surface area (Å²) in [7, 11) is 1.69. The molecule has 1 fully saturated rings. The van der Waals surface area contributed by atoms with E-state index in [0.29, 0.717) is 30.7 Å². The van der Waals surface area contributed by atoms with Crippen LogP contribution in [0.1, 0.15) is 31.4 Å². The van der Waals surface area contributed by atoms with Gasteiger partial charge in [-0.1, -0.05) is 22.0 Å². The number of methoxy groups -OCH3 is 1. The maximum Gasteiger partial charge on any atom is 0.129 e. The van der Waals surface area contributed by atoms with E-state index in [1.54, 1.807) is 7.11 Å². The van der Waals surface area contributed by atoms with Crippen molar-refractivity contribution in [2.24, 2.45) is 11.7 Å². The molecule has 2 atom stereocenters. The third-order valence-electron chi connectivity index (χ3n) is 4.33. The number of ether oxygens (including phenoxy) is 1. The molecular formula is C16H24BrFN2O. The summed E-state index contributed by atoms with van der Waals surface area (Å²) in [5, 5.41) is 0. The predicted molar refractivity (Wildman–Crippen MR) is 86.7 cm³/mol. The van der Waals surface area contributed by atoms with Crippen molar-refractivity contribution < 1.29 is 9.13 Å². The van der Waals surface area contributed by atoms with Crippen molar-refractivity contribution in [1.82, 2.24) is 4.90 Å². The molecular weight excluding hydrogens is 335 g/mol. The third kappa shape index (κ3) is 4.25. The molecule has 0 bridgehead atoms. The molecule has 2 unspecified atom stereocenters. The van der Waals surface area contributed by atoms with Crippen LogP contribution in [0.15, 0.2) is 22.7 Å². The van der Waals surface area contributed by atoms with Crippen LogP contribution in [0.2, 0.25) is 0 Å². The quantitative estimate of drug-likeness (QED) is 0.774. The molecule has 1 aromatic rings. The van der Waals surface area contributed by atoms with Gasteiger partial charge in [0.05, 0.1) is 12.6 Å². The number of hydrogen-bond donors (Lipinski definition) is 1. The van der Waals surface area contributed by atoms with E-state index in [4.69, 9.17) is 10.5 Å². The Morgan fingerprint density at radius 3 is 2.71 bits per heavy atom. The van der Waals surface area contributed by atoms with Crippen molar-refractivity contribution in [3.63, 3.8) is 0 Å². The summed E-state index contributed by atoms with van der Waals surface area (Å²) in [5.41, 5.74) is 6.65. The van der Waals surface area contributed by atoms with Crippen LogP contribution < -0.4 is 5.73 Å². The molecule has 0 spiro atoms. The molecule has 0 radical (unpaired) electrons. The first-order valence-corrected chi connectivity index (χ1v) is 8.27. The van der Waals surface area contributed by atoms with E-state index in [1.165, 1.54) is 18.9 Å². The monoisotopic (exact) mass is 358 g/mol. The third-order valence-corrected chi connectivity index (χ3v) is 4.82. The van der Waals surface area contributed by atoms with Gasteiger partial charge in [0.2, 0.25) is 0 Å². The van der Waals surface area contributed by atoms with E-state index in [1.807, 2.05) is 12.1 Å². The Morgan fingerprint density at radius 2 is 2.19 bits per heavy atom. The van der Waals surface area contributed by atoms with Gasteiger partial charge in [-0.15, -0.1) is 0 Å². The maximum absolute atomic E-state index is 14.3. The SMILES string of the molecule is COCCN(C(CN)c1ccc(Br)cc1F)C(C)C1CC1. The van der Waals surface area contributed by atoms with E-state index in [9.17, 15) is 4.39 Å². The summed E-state index contributed by atoms with van der Waals surface area (Å²) < 4.78 is 20.3. The van der Waals surface area contributed by atoms with Crippen LogP contribution in [-0.4, -0.2) is 37.7 Å². The summed E-state index contributed by atoms with van der Waals surface area (Å²) in [6.45, 7) is 4.02. The summed E-state index contributed by atoms with van der Waals surface area (Å²) >= 11 is 3.30. The largest absolute Gasteiger partial charge is 0.383 e. The van der Waals surface area contributed by atoms with Crippen molar-refractivity contribution in [2.45, 2.75) is 31.8 Å².